The lowest BCUT2D eigenvalue weighted by Gasteiger charge is -2.12. The molecule has 2 aromatic rings. The van der Waals surface area contributed by atoms with Crippen LogP contribution in [0.1, 0.15) is 43.3 Å². The van der Waals surface area contributed by atoms with Crippen LogP contribution in [0.4, 0.5) is 10.5 Å². The van der Waals surface area contributed by atoms with Crippen molar-refractivity contribution in [1.29, 1.82) is 0 Å². The summed E-state index contributed by atoms with van der Waals surface area (Å²) in [6.45, 7) is 2.28. The molecule has 3 rings (SSSR count). The van der Waals surface area contributed by atoms with Gasteiger partial charge in [0.1, 0.15) is 0 Å². The Balaban J connectivity index is 1.59. The molecule has 1 fully saturated rings. The van der Waals surface area contributed by atoms with Crippen molar-refractivity contribution in [2.24, 2.45) is 0 Å². The molecular formula is C16H21N5O2S. The number of H-pyrrole nitrogens is 1. The molecule has 1 atom stereocenters. The maximum Gasteiger partial charge on any atom is 0.319 e. The van der Waals surface area contributed by atoms with E-state index in [-0.39, 0.29) is 12.1 Å². The Kier molecular flexibility index (Phi) is 4.96. The van der Waals surface area contributed by atoms with Crippen molar-refractivity contribution in [2.75, 3.05) is 12.4 Å². The van der Waals surface area contributed by atoms with Gasteiger partial charge in [-0.3, -0.25) is 9.67 Å². The second-order valence-corrected chi connectivity index (χ2v) is 6.24. The van der Waals surface area contributed by atoms with Crippen LogP contribution in [0.3, 0.4) is 0 Å². The number of rotatable bonds is 6. The molecule has 0 radical (unpaired) electrons. The van der Waals surface area contributed by atoms with Gasteiger partial charge in [-0.25, -0.2) is 4.79 Å². The number of methoxy groups -OCH3 is 1. The second kappa shape index (κ2) is 7.14. The average molecular weight is 347 g/mol. The summed E-state index contributed by atoms with van der Waals surface area (Å²) in [5, 5.41) is 12.6. The first-order chi connectivity index (χ1) is 11.6. The SMILES string of the molecule is COC(C)c1cccc(NC(=O)NCc2n[nH]c(=S)n2C2CC2)c1. The number of urea groups is 1. The fourth-order valence-electron chi connectivity index (χ4n) is 2.51. The Hall–Kier alpha value is -2.19. The number of amides is 2. The van der Waals surface area contributed by atoms with Crippen LogP contribution in [0.2, 0.25) is 0 Å². The summed E-state index contributed by atoms with van der Waals surface area (Å²) in [4.78, 5) is 12.1. The maximum absolute atomic E-state index is 12.1. The third-order valence-electron chi connectivity index (χ3n) is 4.06. The molecule has 128 valence electrons. The topological polar surface area (TPSA) is 84.0 Å². The highest BCUT2D eigenvalue weighted by molar-refractivity contribution is 7.71. The highest BCUT2D eigenvalue weighted by Gasteiger charge is 2.27. The van der Waals surface area contributed by atoms with Crippen LogP contribution in [-0.2, 0) is 11.3 Å². The lowest BCUT2D eigenvalue weighted by Crippen LogP contribution is -2.29. The van der Waals surface area contributed by atoms with E-state index in [0.29, 0.717) is 17.4 Å². The van der Waals surface area contributed by atoms with Crippen LogP contribution >= 0.6 is 12.2 Å². The van der Waals surface area contributed by atoms with Crippen LogP contribution in [0.25, 0.3) is 0 Å². The van der Waals surface area contributed by atoms with Gasteiger partial charge in [0.15, 0.2) is 10.6 Å². The van der Waals surface area contributed by atoms with Gasteiger partial charge in [0.05, 0.1) is 12.6 Å². The molecule has 1 heterocycles. The van der Waals surface area contributed by atoms with Gasteiger partial charge >= 0.3 is 6.03 Å². The highest BCUT2D eigenvalue weighted by Crippen LogP contribution is 2.35. The van der Waals surface area contributed by atoms with E-state index in [1.54, 1.807) is 7.11 Å². The Morgan fingerprint density at radius 1 is 1.54 bits per heavy atom. The fraction of sp³-hybridized carbons (Fsp3) is 0.438. The molecule has 0 bridgehead atoms. The average Bonchev–Trinajstić information content (AvgIpc) is 3.35. The van der Waals surface area contributed by atoms with Gasteiger partial charge < -0.3 is 15.4 Å². The van der Waals surface area contributed by atoms with Crippen molar-refractivity contribution in [3.8, 4) is 0 Å². The summed E-state index contributed by atoms with van der Waals surface area (Å²) in [5.74, 6) is 0.749. The number of hydrogen-bond acceptors (Lipinski definition) is 4. The van der Waals surface area contributed by atoms with Crippen molar-refractivity contribution < 1.29 is 9.53 Å². The van der Waals surface area contributed by atoms with E-state index in [0.717, 1.165) is 29.9 Å². The molecule has 1 aromatic carbocycles. The van der Waals surface area contributed by atoms with Crippen molar-refractivity contribution in [1.82, 2.24) is 20.1 Å². The lowest BCUT2D eigenvalue weighted by atomic mass is 10.1. The van der Waals surface area contributed by atoms with E-state index in [9.17, 15) is 4.79 Å². The van der Waals surface area contributed by atoms with E-state index in [1.165, 1.54) is 0 Å². The number of carbonyl (C=O) groups excluding carboxylic acids is 1. The summed E-state index contributed by atoms with van der Waals surface area (Å²) in [6.07, 6.45) is 2.19. The first-order valence-corrected chi connectivity index (χ1v) is 8.32. The van der Waals surface area contributed by atoms with Crippen molar-refractivity contribution >= 4 is 23.9 Å². The number of aromatic amines is 1. The molecule has 0 spiro atoms. The third kappa shape index (κ3) is 3.82. The second-order valence-electron chi connectivity index (χ2n) is 5.86. The molecule has 2 amide bonds. The van der Waals surface area contributed by atoms with Gasteiger partial charge in [0.25, 0.3) is 0 Å². The van der Waals surface area contributed by atoms with E-state index >= 15 is 0 Å². The third-order valence-corrected chi connectivity index (χ3v) is 4.35. The van der Waals surface area contributed by atoms with Crippen LogP contribution in [0, 0.1) is 4.77 Å². The Labute approximate surface area is 145 Å². The van der Waals surface area contributed by atoms with Gasteiger partial charge in [-0.1, -0.05) is 12.1 Å². The minimum absolute atomic E-state index is 0.0261. The zero-order valence-electron chi connectivity index (χ0n) is 13.7. The first-order valence-electron chi connectivity index (χ1n) is 7.92. The Bertz CT molecular complexity index is 781. The van der Waals surface area contributed by atoms with Crippen LogP contribution in [0.15, 0.2) is 24.3 Å². The van der Waals surface area contributed by atoms with Gasteiger partial charge in [-0.15, -0.1) is 0 Å². The number of hydrogen-bond donors (Lipinski definition) is 3. The molecule has 1 unspecified atom stereocenters. The first kappa shape index (κ1) is 16.7. The molecule has 24 heavy (non-hydrogen) atoms. The van der Waals surface area contributed by atoms with Gasteiger partial charge in [-0.05, 0) is 49.7 Å². The maximum atomic E-state index is 12.1. The molecule has 1 aliphatic carbocycles. The highest BCUT2D eigenvalue weighted by atomic mass is 32.1. The van der Waals surface area contributed by atoms with Crippen LogP contribution < -0.4 is 10.6 Å². The normalized spacial score (nSPS) is 15.1. The summed E-state index contributed by atoms with van der Waals surface area (Å²) >= 11 is 5.23. The number of ether oxygens (including phenoxy) is 1. The molecule has 1 aromatic heterocycles. The minimum atomic E-state index is -0.284. The number of nitrogens with one attached hydrogen (secondary N) is 3. The molecule has 8 heteroatoms. The van der Waals surface area contributed by atoms with Crippen molar-refractivity contribution in [2.45, 2.75) is 38.5 Å². The molecule has 1 saturated carbocycles. The van der Waals surface area contributed by atoms with Gasteiger partial charge in [0.2, 0.25) is 0 Å². The smallest absolute Gasteiger partial charge is 0.319 e. The number of aromatic nitrogens is 3. The predicted molar refractivity (Wildman–Crippen MR) is 93.4 cm³/mol. The number of anilines is 1. The zero-order chi connectivity index (χ0) is 17.1. The number of benzene rings is 1. The predicted octanol–water partition coefficient (Wildman–Crippen LogP) is 3.30. The molecule has 7 nitrogen and oxygen atoms in total. The standard InChI is InChI=1S/C16H21N5O2S/c1-10(23-2)11-4-3-5-12(8-11)18-15(22)17-9-14-19-20-16(24)21(14)13-6-7-13/h3-5,8,10,13H,6-7,9H2,1-2H3,(H,20,24)(H2,17,18,22). The molecular weight excluding hydrogens is 326 g/mol. The van der Waals surface area contributed by atoms with E-state index in [4.69, 9.17) is 17.0 Å². The van der Waals surface area contributed by atoms with E-state index in [2.05, 4.69) is 20.8 Å². The zero-order valence-corrected chi connectivity index (χ0v) is 14.5. The summed E-state index contributed by atoms with van der Waals surface area (Å²) in [7, 11) is 1.66. The van der Waals surface area contributed by atoms with Crippen LogP contribution in [0.5, 0.6) is 0 Å². The summed E-state index contributed by atoms with van der Waals surface area (Å²) < 4.78 is 7.88. The lowest BCUT2D eigenvalue weighted by molar-refractivity contribution is 0.119. The monoisotopic (exact) mass is 347 g/mol. The number of nitrogens with zero attached hydrogens (tertiary/aromatic N) is 2. The Morgan fingerprint density at radius 3 is 3.04 bits per heavy atom. The van der Waals surface area contributed by atoms with Crippen molar-refractivity contribution in [3.63, 3.8) is 0 Å². The Morgan fingerprint density at radius 2 is 2.33 bits per heavy atom. The minimum Gasteiger partial charge on any atom is -0.377 e. The quantitative estimate of drug-likeness (QED) is 0.700. The van der Waals surface area contributed by atoms with Gasteiger partial charge in [-0.2, -0.15) is 5.10 Å². The van der Waals surface area contributed by atoms with Gasteiger partial charge in [0, 0.05) is 18.8 Å². The number of carbonyl (C=O) groups is 1. The summed E-state index contributed by atoms with van der Waals surface area (Å²) in [6, 6.07) is 7.72. The molecule has 0 aliphatic heterocycles. The fourth-order valence-corrected chi connectivity index (χ4v) is 2.81. The summed E-state index contributed by atoms with van der Waals surface area (Å²) in [5.41, 5.74) is 1.72. The van der Waals surface area contributed by atoms with E-state index < -0.39 is 0 Å². The van der Waals surface area contributed by atoms with Crippen molar-refractivity contribution in [3.05, 3.63) is 40.4 Å². The van der Waals surface area contributed by atoms with E-state index in [1.807, 2.05) is 35.8 Å². The largest absolute Gasteiger partial charge is 0.377 e. The molecule has 1 aliphatic rings. The van der Waals surface area contributed by atoms with Crippen LogP contribution in [-0.4, -0.2) is 27.9 Å². The molecule has 0 saturated heterocycles. The molecule has 3 N–H and O–H groups in total.